The highest BCUT2D eigenvalue weighted by atomic mass is 35.5. The lowest BCUT2D eigenvalue weighted by molar-refractivity contribution is 0.169. The molecule has 112 valence electrons. The summed E-state index contributed by atoms with van der Waals surface area (Å²) in [6.45, 7) is 1.30. The number of halogens is 1. The third kappa shape index (κ3) is 4.17. The first kappa shape index (κ1) is 15.7. The number of benzene rings is 1. The zero-order valence-corrected chi connectivity index (χ0v) is 12.7. The van der Waals surface area contributed by atoms with E-state index >= 15 is 0 Å². The molecular weight excluding hydrogens is 300 g/mol. The van der Waals surface area contributed by atoms with Gasteiger partial charge in [0.1, 0.15) is 0 Å². The minimum Gasteiger partial charge on any atom is -0.396 e. The van der Waals surface area contributed by atoms with Crippen molar-refractivity contribution in [3.63, 3.8) is 0 Å². The largest absolute Gasteiger partial charge is 0.396 e. The van der Waals surface area contributed by atoms with Gasteiger partial charge in [-0.05, 0) is 36.5 Å². The molecule has 2 N–H and O–H groups in total. The summed E-state index contributed by atoms with van der Waals surface area (Å²) in [5, 5.41) is 9.69. The third-order valence-corrected chi connectivity index (χ3v) is 5.35. The highest BCUT2D eigenvalue weighted by molar-refractivity contribution is 7.87. The van der Waals surface area contributed by atoms with Gasteiger partial charge >= 0.3 is 0 Å². The second-order valence-electron chi connectivity index (χ2n) is 4.98. The topological polar surface area (TPSA) is 69.6 Å². The van der Waals surface area contributed by atoms with Crippen molar-refractivity contribution >= 4 is 21.8 Å². The average molecular weight is 319 g/mol. The summed E-state index contributed by atoms with van der Waals surface area (Å²) in [6.07, 6.45) is 1.41. The maximum Gasteiger partial charge on any atom is 0.279 e. The SMILES string of the molecule is O=S(=O)(NCc1ccc(Cl)cc1)N1CCC(CO)CC1. The molecule has 1 heterocycles. The van der Waals surface area contributed by atoms with E-state index in [9.17, 15) is 8.42 Å². The second kappa shape index (κ2) is 6.87. The fraction of sp³-hybridized carbons (Fsp3) is 0.538. The Morgan fingerprint density at radius 3 is 2.40 bits per heavy atom. The van der Waals surface area contributed by atoms with Crippen molar-refractivity contribution in [3.8, 4) is 0 Å². The molecule has 7 heteroatoms. The Morgan fingerprint density at radius 1 is 1.25 bits per heavy atom. The summed E-state index contributed by atoms with van der Waals surface area (Å²) < 4.78 is 28.3. The van der Waals surface area contributed by atoms with Crippen LogP contribution in [0.1, 0.15) is 18.4 Å². The molecule has 0 radical (unpaired) electrons. The number of aliphatic hydroxyl groups excluding tert-OH is 1. The molecule has 1 aromatic rings. The predicted octanol–water partition coefficient (Wildman–Crippen LogP) is 1.38. The smallest absolute Gasteiger partial charge is 0.279 e. The van der Waals surface area contributed by atoms with Crippen LogP contribution in [0.2, 0.25) is 5.02 Å². The van der Waals surface area contributed by atoms with Gasteiger partial charge in [-0.2, -0.15) is 17.4 Å². The molecule has 1 fully saturated rings. The van der Waals surface area contributed by atoms with Gasteiger partial charge in [-0.15, -0.1) is 0 Å². The van der Waals surface area contributed by atoms with Crippen molar-refractivity contribution in [2.24, 2.45) is 5.92 Å². The molecule has 1 aromatic carbocycles. The Kier molecular flexibility index (Phi) is 5.40. The van der Waals surface area contributed by atoms with E-state index in [4.69, 9.17) is 16.7 Å². The van der Waals surface area contributed by atoms with E-state index in [0.29, 0.717) is 31.0 Å². The third-order valence-electron chi connectivity index (χ3n) is 3.54. The summed E-state index contributed by atoms with van der Waals surface area (Å²) in [4.78, 5) is 0. The van der Waals surface area contributed by atoms with E-state index in [-0.39, 0.29) is 19.1 Å². The van der Waals surface area contributed by atoms with Gasteiger partial charge < -0.3 is 5.11 Å². The lowest BCUT2D eigenvalue weighted by Crippen LogP contribution is -2.45. The van der Waals surface area contributed by atoms with Gasteiger partial charge in [-0.3, -0.25) is 0 Å². The quantitative estimate of drug-likeness (QED) is 0.861. The maximum atomic E-state index is 12.1. The van der Waals surface area contributed by atoms with Gasteiger partial charge in [0.25, 0.3) is 10.2 Å². The zero-order valence-electron chi connectivity index (χ0n) is 11.1. The van der Waals surface area contributed by atoms with Gasteiger partial charge in [-0.25, -0.2) is 0 Å². The molecule has 0 atom stereocenters. The molecule has 0 unspecified atom stereocenters. The lowest BCUT2D eigenvalue weighted by atomic mass is 10.00. The summed E-state index contributed by atoms with van der Waals surface area (Å²) in [5.74, 6) is 0.220. The minimum atomic E-state index is -3.45. The van der Waals surface area contributed by atoms with Crippen molar-refractivity contribution in [1.82, 2.24) is 9.03 Å². The van der Waals surface area contributed by atoms with Crippen LogP contribution < -0.4 is 4.72 Å². The van der Waals surface area contributed by atoms with Crippen molar-refractivity contribution in [2.75, 3.05) is 19.7 Å². The van der Waals surface area contributed by atoms with Crippen molar-refractivity contribution in [3.05, 3.63) is 34.9 Å². The summed E-state index contributed by atoms with van der Waals surface area (Å²) in [6, 6.07) is 7.06. The molecule has 0 saturated carbocycles. The summed E-state index contributed by atoms with van der Waals surface area (Å²) >= 11 is 5.78. The molecule has 0 spiro atoms. The molecular formula is C13H19ClN2O3S. The fourth-order valence-electron chi connectivity index (χ4n) is 2.20. The highest BCUT2D eigenvalue weighted by Crippen LogP contribution is 2.18. The number of hydrogen-bond acceptors (Lipinski definition) is 3. The molecule has 1 saturated heterocycles. The Morgan fingerprint density at radius 2 is 1.85 bits per heavy atom. The standard InChI is InChI=1S/C13H19ClN2O3S/c14-13-3-1-11(2-4-13)9-15-20(18,19)16-7-5-12(10-17)6-8-16/h1-4,12,15,17H,5-10H2. The van der Waals surface area contributed by atoms with Crippen molar-refractivity contribution < 1.29 is 13.5 Å². The number of nitrogens with one attached hydrogen (secondary N) is 1. The molecule has 1 aliphatic rings. The molecule has 0 bridgehead atoms. The highest BCUT2D eigenvalue weighted by Gasteiger charge is 2.27. The summed E-state index contributed by atoms with van der Waals surface area (Å²) in [5.41, 5.74) is 0.864. The van der Waals surface area contributed by atoms with E-state index in [1.54, 1.807) is 24.3 Å². The average Bonchev–Trinajstić information content (AvgIpc) is 2.47. The lowest BCUT2D eigenvalue weighted by Gasteiger charge is -2.30. The van der Waals surface area contributed by atoms with Gasteiger partial charge in [0.15, 0.2) is 0 Å². The van der Waals surface area contributed by atoms with Crippen LogP contribution in [0.3, 0.4) is 0 Å². The predicted molar refractivity (Wildman–Crippen MR) is 78.6 cm³/mol. The molecule has 5 nitrogen and oxygen atoms in total. The molecule has 20 heavy (non-hydrogen) atoms. The van der Waals surface area contributed by atoms with E-state index in [1.165, 1.54) is 4.31 Å². The van der Waals surface area contributed by atoms with Crippen LogP contribution in [0.25, 0.3) is 0 Å². The number of piperidine rings is 1. The molecule has 2 rings (SSSR count). The van der Waals surface area contributed by atoms with Crippen molar-refractivity contribution in [1.29, 1.82) is 0 Å². The van der Waals surface area contributed by atoms with Gasteiger partial charge in [0.2, 0.25) is 0 Å². The van der Waals surface area contributed by atoms with Crippen LogP contribution >= 0.6 is 11.6 Å². The number of rotatable bonds is 5. The van der Waals surface area contributed by atoms with Crippen molar-refractivity contribution in [2.45, 2.75) is 19.4 Å². The zero-order chi connectivity index (χ0) is 14.6. The maximum absolute atomic E-state index is 12.1. The second-order valence-corrected chi connectivity index (χ2v) is 7.17. The molecule has 0 amide bonds. The fourth-order valence-corrected chi connectivity index (χ4v) is 3.55. The first-order valence-electron chi connectivity index (χ1n) is 6.61. The first-order valence-corrected chi connectivity index (χ1v) is 8.43. The Labute approximate surface area is 124 Å². The monoisotopic (exact) mass is 318 g/mol. The molecule has 1 aliphatic heterocycles. The van der Waals surface area contributed by atoms with Crippen LogP contribution in [0, 0.1) is 5.92 Å². The van der Waals surface area contributed by atoms with Crippen LogP contribution in [-0.4, -0.2) is 37.5 Å². The van der Waals surface area contributed by atoms with Gasteiger partial charge in [0, 0.05) is 31.3 Å². The minimum absolute atomic E-state index is 0.131. The number of aliphatic hydroxyl groups is 1. The molecule has 0 aromatic heterocycles. The number of hydrogen-bond donors (Lipinski definition) is 2. The Balaban J connectivity index is 1.89. The van der Waals surface area contributed by atoms with E-state index in [1.807, 2.05) is 0 Å². The summed E-state index contributed by atoms with van der Waals surface area (Å²) in [7, 11) is -3.45. The van der Waals surface area contributed by atoms with Gasteiger partial charge in [-0.1, -0.05) is 23.7 Å². The Hall–Kier alpha value is -0.660. The normalized spacial score (nSPS) is 18.3. The van der Waals surface area contributed by atoms with Gasteiger partial charge in [0.05, 0.1) is 0 Å². The van der Waals surface area contributed by atoms with E-state index in [2.05, 4.69) is 4.72 Å². The first-order chi connectivity index (χ1) is 9.51. The van der Waals surface area contributed by atoms with E-state index in [0.717, 1.165) is 5.56 Å². The Bertz CT molecular complexity index is 525. The van der Waals surface area contributed by atoms with Crippen LogP contribution in [0.4, 0.5) is 0 Å². The van der Waals surface area contributed by atoms with Crippen LogP contribution in [-0.2, 0) is 16.8 Å². The van der Waals surface area contributed by atoms with E-state index < -0.39 is 10.2 Å². The molecule has 0 aliphatic carbocycles. The van der Waals surface area contributed by atoms with Crippen LogP contribution in [0.15, 0.2) is 24.3 Å². The van der Waals surface area contributed by atoms with Crippen LogP contribution in [0.5, 0.6) is 0 Å². The number of nitrogens with zero attached hydrogens (tertiary/aromatic N) is 1.